The Kier molecular flexibility index (Phi) is 5.17. The lowest BCUT2D eigenvalue weighted by Crippen LogP contribution is -2.12. The van der Waals surface area contributed by atoms with Crippen molar-refractivity contribution in [3.05, 3.63) is 82.7 Å². The van der Waals surface area contributed by atoms with Crippen molar-refractivity contribution in [1.29, 1.82) is 0 Å². The number of para-hydroxylation sites is 1. The summed E-state index contributed by atoms with van der Waals surface area (Å²) in [5.74, 6) is 0.941. The molecule has 0 aliphatic carbocycles. The number of hydrogen-bond donors (Lipinski definition) is 1. The first-order valence-electron chi connectivity index (χ1n) is 9.13. The van der Waals surface area contributed by atoms with Gasteiger partial charge >= 0.3 is 5.63 Å². The van der Waals surface area contributed by atoms with E-state index in [0.717, 1.165) is 0 Å². The summed E-state index contributed by atoms with van der Waals surface area (Å²) in [6.07, 6.45) is 0. The van der Waals surface area contributed by atoms with Crippen LogP contribution in [0.2, 0.25) is 0 Å². The number of methoxy groups -OCH3 is 2. The van der Waals surface area contributed by atoms with Crippen molar-refractivity contribution >= 4 is 22.5 Å². The zero-order valence-electron chi connectivity index (χ0n) is 16.3. The molecule has 150 valence electrons. The summed E-state index contributed by atoms with van der Waals surface area (Å²) in [6, 6.07) is 18.8. The molecule has 7 nitrogen and oxygen atoms in total. The molecule has 0 fully saturated rings. The summed E-state index contributed by atoms with van der Waals surface area (Å²) in [5.41, 5.74) is 1.76. The number of nitrogens with zero attached hydrogens (tertiary/aromatic N) is 1. The second-order valence-corrected chi connectivity index (χ2v) is 6.42. The molecule has 0 bridgehead atoms. The van der Waals surface area contributed by atoms with Gasteiger partial charge in [0.1, 0.15) is 0 Å². The molecule has 4 aromatic rings. The first-order valence-corrected chi connectivity index (χ1v) is 9.13. The van der Waals surface area contributed by atoms with Gasteiger partial charge in [-0.3, -0.25) is 4.79 Å². The average molecular weight is 402 g/mol. The molecule has 0 aliphatic heterocycles. The van der Waals surface area contributed by atoms with Gasteiger partial charge in [0.15, 0.2) is 11.5 Å². The molecule has 1 N–H and O–H groups in total. The molecule has 7 heteroatoms. The van der Waals surface area contributed by atoms with Gasteiger partial charge in [-0.1, -0.05) is 12.1 Å². The lowest BCUT2D eigenvalue weighted by Gasteiger charge is -2.10. The van der Waals surface area contributed by atoms with Crippen molar-refractivity contribution in [2.24, 2.45) is 0 Å². The molecule has 0 saturated carbocycles. The van der Waals surface area contributed by atoms with Crippen molar-refractivity contribution < 1.29 is 18.7 Å². The van der Waals surface area contributed by atoms with Crippen LogP contribution in [0.1, 0.15) is 10.4 Å². The minimum Gasteiger partial charge on any atom is -0.493 e. The van der Waals surface area contributed by atoms with E-state index < -0.39 is 5.63 Å². The van der Waals surface area contributed by atoms with Gasteiger partial charge in [0.2, 0.25) is 5.89 Å². The Morgan fingerprint density at radius 1 is 0.933 bits per heavy atom. The van der Waals surface area contributed by atoms with Gasteiger partial charge in [0.05, 0.1) is 25.1 Å². The molecule has 0 radical (unpaired) electrons. The van der Waals surface area contributed by atoms with Crippen molar-refractivity contribution in [1.82, 2.24) is 4.98 Å². The van der Waals surface area contributed by atoms with E-state index in [-0.39, 0.29) is 11.8 Å². The second-order valence-electron chi connectivity index (χ2n) is 6.42. The number of nitrogens with one attached hydrogen (secondary N) is 1. The number of ether oxygens (including phenoxy) is 2. The minimum absolute atomic E-state index is 0.219. The SMILES string of the molecule is COc1ccc(C(=O)Nc2ccc(-c3nc4ccccc4c(=O)o3)cc2)cc1OC. The van der Waals surface area contributed by atoms with Crippen LogP contribution in [0.4, 0.5) is 5.69 Å². The third-order valence-corrected chi connectivity index (χ3v) is 4.57. The lowest BCUT2D eigenvalue weighted by molar-refractivity contribution is 0.102. The van der Waals surface area contributed by atoms with E-state index in [2.05, 4.69) is 10.3 Å². The van der Waals surface area contributed by atoms with Crippen LogP contribution in [0.25, 0.3) is 22.4 Å². The highest BCUT2D eigenvalue weighted by atomic mass is 16.5. The second kappa shape index (κ2) is 8.08. The predicted octanol–water partition coefficient (Wildman–Crippen LogP) is 4.12. The van der Waals surface area contributed by atoms with E-state index >= 15 is 0 Å². The van der Waals surface area contributed by atoms with Crippen LogP contribution in [0, 0.1) is 0 Å². The van der Waals surface area contributed by atoms with E-state index in [4.69, 9.17) is 13.9 Å². The summed E-state index contributed by atoms with van der Waals surface area (Å²) in [7, 11) is 3.04. The van der Waals surface area contributed by atoms with E-state index in [1.54, 1.807) is 60.7 Å². The number of carbonyl (C=O) groups is 1. The number of fused-ring (bicyclic) bond motifs is 1. The summed E-state index contributed by atoms with van der Waals surface area (Å²) in [5, 5.41) is 3.25. The van der Waals surface area contributed by atoms with Crippen molar-refractivity contribution in [3.8, 4) is 23.0 Å². The van der Waals surface area contributed by atoms with Crippen molar-refractivity contribution in [2.45, 2.75) is 0 Å². The zero-order chi connectivity index (χ0) is 21.1. The fourth-order valence-corrected chi connectivity index (χ4v) is 3.02. The number of hydrogen-bond acceptors (Lipinski definition) is 6. The van der Waals surface area contributed by atoms with Gasteiger partial charge in [-0.2, -0.15) is 0 Å². The Balaban J connectivity index is 1.56. The van der Waals surface area contributed by atoms with Gasteiger partial charge in [-0.05, 0) is 54.6 Å². The molecule has 3 aromatic carbocycles. The molecule has 1 amide bonds. The summed E-state index contributed by atoms with van der Waals surface area (Å²) >= 11 is 0. The first-order chi connectivity index (χ1) is 14.6. The van der Waals surface area contributed by atoms with Gasteiger partial charge in [-0.25, -0.2) is 9.78 Å². The number of aromatic nitrogens is 1. The van der Waals surface area contributed by atoms with Gasteiger partial charge < -0.3 is 19.2 Å². The van der Waals surface area contributed by atoms with Crippen LogP contribution in [-0.4, -0.2) is 25.1 Å². The topological polar surface area (TPSA) is 90.7 Å². The maximum Gasteiger partial charge on any atom is 0.347 e. The Hall–Kier alpha value is -4.13. The fraction of sp³-hybridized carbons (Fsp3) is 0.0870. The number of anilines is 1. The Morgan fingerprint density at radius 3 is 2.40 bits per heavy atom. The van der Waals surface area contributed by atoms with Crippen LogP contribution >= 0.6 is 0 Å². The van der Waals surface area contributed by atoms with Crippen LogP contribution in [0.15, 0.2) is 75.9 Å². The molecule has 4 rings (SSSR count). The molecule has 0 spiro atoms. The number of amides is 1. The van der Waals surface area contributed by atoms with Crippen LogP contribution in [-0.2, 0) is 0 Å². The Bertz CT molecular complexity index is 1280. The molecule has 0 aliphatic rings. The van der Waals surface area contributed by atoms with Gasteiger partial charge in [0, 0.05) is 16.8 Å². The van der Waals surface area contributed by atoms with E-state index in [9.17, 15) is 9.59 Å². The van der Waals surface area contributed by atoms with Gasteiger partial charge in [-0.15, -0.1) is 0 Å². The molecule has 1 aromatic heterocycles. The predicted molar refractivity (Wildman–Crippen MR) is 113 cm³/mol. The number of rotatable bonds is 5. The molecule has 0 atom stereocenters. The molecular weight excluding hydrogens is 384 g/mol. The van der Waals surface area contributed by atoms with Crippen LogP contribution in [0.3, 0.4) is 0 Å². The largest absolute Gasteiger partial charge is 0.493 e. The maximum absolute atomic E-state index is 12.5. The smallest absolute Gasteiger partial charge is 0.347 e. The van der Waals surface area contributed by atoms with Gasteiger partial charge in [0.25, 0.3) is 5.91 Å². The highest BCUT2D eigenvalue weighted by molar-refractivity contribution is 6.04. The lowest BCUT2D eigenvalue weighted by atomic mass is 10.1. The standard InChI is InChI=1S/C23H18N2O5/c1-28-19-12-9-15(13-20(19)29-2)21(26)24-16-10-7-14(8-11-16)22-25-18-6-4-3-5-17(18)23(27)30-22/h3-13H,1-2H3,(H,24,26). The average Bonchev–Trinajstić information content (AvgIpc) is 2.79. The Labute approximate surface area is 171 Å². The summed E-state index contributed by atoms with van der Waals surface area (Å²) in [6.45, 7) is 0. The first kappa shape index (κ1) is 19.2. The van der Waals surface area contributed by atoms with E-state index in [0.29, 0.717) is 39.2 Å². The monoisotopic (exact) mass is 402 g/mol. The maximum atomic E-state index is 12.5. The van der Waals surface area contributed by atoms with Crippen molar-refractivity contribution in [2.75, 3.05) is 19.5 Å². The summed E-state index contributed by atoms with van der Waals surface area (Å²) in [4.78, 5) is 29.1. The highest BCUT2D eigenvalue weighted by Gasteiger charge is 2.12. The molecule has 1 heterocycles. The zero-order valence-corrected chi connectivity index (χ0v) is 16.3. The fourth-order valence-electron chi connectivity index (χ4n) is 3.02. The van der Waals surface area contributed by atoms with Crippen LogP contribution in [0.5, 0.6) is 11.5 Å². The molecule has 0 unspecified atom stereocenters. The molecule has 30 heavy (non-hydrogen) atoms. The van der Waals surface area contributed by atoms with E-state index in [1.807, 2.05) is 6.07 Å². The van der Waals surface area contributed by atoms with Crippen LogP contribution < -0.4 is 20.4 Å². The quantitative estimate of drug-likeness (QED) is 0.540. The number of carbonyl (C=O) groups excluding carboxylic acids is 1. The number of benzene rings is 3. The third-order valence-electron chi connectivity index (χ3n) is 4.57. The molecule has 0 saturated heterocycles. The minimum atomic E-state index is -0.443. The highest BCUT2D eigenvalue weighted by Crippen LogP contribution is 2.28. The third kappa shape index (κ3) is 3.73. The summed E-state index contributed by atoms with van der Waals surface area (Å²) < 4.78 is 15.8. The molecular formula is C23H18N2O5. The van der Waals surface area contributed by atoms with E-state index in [1.165, 1.54) is 14.2 Å². The Morgan fingerprint density at radius 2 is 1.67 bits per heavy atom. The normalized spacial score (nSPS) is 10.6. The van der Waals surface area contributed by atoms with Crippen molar-refractivity contribution in [3.63, 3.8) is 0 Å².